The van der Waals surface area contributed by atoms with Crippen molar-refractivity contribution in [2.45, 2.75) is 129 Å². The van der Waals surface area contributed by atoms with E-state index in [1.54, 1.807) is 0 Å². The smallest absolute Gasteiger partial charge is 0.119 e. The molecular weight excluding hydrogens is 328 g/mol. The van der Waals surface area contributed by atoms with E-state index in [-0.39, 0.29) is 0 Å². The summed E-state index contributed by atoms with van der Waals surface area (Å²) in [6, 6.07) is 6.12. The molecule has 0 radical (unpaired) electrons. The molecular formula is C26H46O. The van der Waals surface area contributed by atoms with Gasteiger partial charge >= 0.3 is 0 Å². The van der Waals surface area contributed by atoms with Gasteiger partial charge in [-0.05, 0) is 36.8 Å². The van der Waals surface area contributed by atoms with E-state index >= 15 is 0 Å². The van der Waals surface area contributed by atoms with Crippen LogP contribution in [0.25, 0.3) is 0 Å². The van der Waals surface area contributed by atoms with Crippen LogP contribution >= 0.6 is 0 Å². The number of aromatic hydroxyl groups is 1. The van der Waals surface area contributed by atoms with Crippen LogP contribution in [0.5, 0.6) is 5.75 Å². The van der Waals surface area contributed by atoms with Gasteiger partial charge in [-0.15, -0.1) is 0 Å². The van der Waals surface area contributed by atoms with Crippen LogP contribution < -0.4 is 0 Å². The van der Waals surface area contributed by atoms with Crippen LogP contribution in [0.1, 0.15) is 134 Å². The Labute approximate surface area is 170 Å². The Bertz CT molecular complexity index is 465. The van der Waals surface area contributed by atoms with Crippen molar-refractivity contribution in [1.29, 1.82) is 0 Å². The number of phenolic OH excluding ortho intramolecular Hbond substituents is 1. The summed E-state index contributed by atoms with van der Waals surface area (Å²) in [5.41, 5.74) is 2.62. The Kier molecular flexibility index (Phi) is 14.3. The quantitative estimate of drug-likeness (QED) is 0.270. The number of aryl methyl sites for hydroxylation is 1. The van der Waals surface area contributed by atoms with Crippen LogP contribution in [0.2, 0.25) is 0 Å². The number of unbranched alkanes of at least 4 members (excludes halogenated alkanes) is 11. The van der Waals surface area contributed by atoms with Crippen LogP contribution in [0.3, 0.4) is 0 Å². The van der Waals surface area contributed by atoms with Gasteiger partial charge in [0.15, 0.2) is 0 Å². The topological polar surface area (TPSA) is 20.2 Å². The maximum atomic E-state index is 10.6. The van der Waals surface area contributed by atoms with Gasteiger partial charge in [-0.25, -0.2) is 0 Å². The van der Waals surface area contributed by atoms with Crippen LogP contribution in [-0.4, -0.2) is 5.11 Å². The molecule has 0 bridgehead atoms. The summed E-state index contributed by atoms with van der Waals surface area (Å²) in [5, 5.41) is 10.6. The van der Waals surface area contributed by atoms with Gasteiger partial charge in [0, 0.05) is 5.56 Å². The molecule has 0 saturated heterocycles. The third kappa shape index (κ3) is 10.2. The van der Waals surface area contributed by atoms with Crippen molar-refractivity contribution in [3.05, 3.63) is 29.3 Å². The molecule has 1 unspecified atom stereocenters. The normalized spacial score (nSPS) is 12.4. The molecule has 1 aromatic rings. The summed E-state index contributed by atoms with van der Waals surface area (Å²) in [4.78, 5) is 0. The lowest BCUT2D eigenvalue weighted by molar-refractivity contribution is 0.436. The van der Waals surface area contributed by atoms with Gasteiger partial charge in [0.05, 0.1) is 0 Å². The van der Waals surface area contributed by atoms with Crippen molar-refractivity contribution in [2.75, 3.05) is 0 Å². The van der Waals surface area contributed by atoms with Gasteiger partial charge in [0.25, 0.3) is 0 Å². The van der Waals surface area contributed by atoms with E-state index in [2.05, 4.69) is 26.8 Å². The Hall–Kier alpha value is -0.980. The fourth-order valence-corrected chi connectivity index (χ4v) is 4.33. The van der Waals surface area contributed by atoms with Crippen molar-refractivity contribution in [3.63, 3.8) is 0 Å². The molecule has 1 heteroatoms. The van der Waals surface area contributed by atoms with Gasteiger partial charge in [-0.3, -0.25) is 0 Å². The van der Waals surface area contributed by atoms with E-state index in [0.717, 1.165) is 6.42 Å². The molecule has 0 fully saturated rings. The average Bonchev–Trinajstić information content (AvgIpc) is 2.68. The lowest BCUT2D eigenvalue weighted by Crippen LogP contribution is -2.04. The SMILES string of the molecule is CCCCCCCCCC(CCCCCCCC)c1c(O)cccc1CC. The van der Waals surface area contributed by atoms with Crippen LogP contribution in [0, 0.1) is 0 Å². The largest absolute Gasteiger partial charge is 0.508 e. The van der Waals surface area contributed by atoms with Gasteiger partial charge in [-0.2, -0.15) is 0 Å². The van der Waals surface area contributed by atoms with Crippen LogP contribution in [0.4, 0.5) is 0 Å². The summed E-state index contributed by atoms with van der Waals surface area (Å²) >= 11 is 0. The molecule has 0 saturated carbocycles. The third-order valence-electron chi connectivity index (χ3n) is 6.02. The molecule has 1 atom stereocenters. The van der Waals surface area contributed by atoms with Gasteiger partial charge < -0.3 is 5.11 Å². The zero-order chi connectivity index (χ0) is 19.7. The average molecular weight is 375 g/mol. The standard InChI is InChI=1S/C26H46O/c1-4-7-9-11-13-15-17-20-24(19-16-14-12-10-8-5-2)26-23(6-3)21-18-22-25(26)27/h18,21-22,24,27H,4-17,19-20H2,1-3H3. The highest BCUT2D eigenvalue weighted by Crippen LogP contribution is 2.36. The van der Waals surface area contributed by atoms with Gasteiger partial charge in [-0.1, -0.05) is 116 Å². The molecule has 0 aliphatic heterocycles. The zero-order valence-corrected chi connectivity index (χ0v) is 18.6. The van der Waals surface area contributed by atoms with Crippen LogP contribution in [-0.2, 0) is 6.42 Å². The fraction of sp³-hybridized carbons (Fsp3) is 0.769. The van der Waals surface area contributed by atoms with Crippen molar-refractivity contribution < 1.29 is 5.11 Å². The predicted octanol–water partition coefficient (Wildman–Crippen LogP) is 8.93. The molecule has 0 aromatic heterocycles. The number of hydrogen-bond donors (Lipinski definition) is 1. The summed E-state index contributed by atoms with van der Waals surface area (Å²) in [7, 11) is 0. The van der Waals surface area contributed by atoms with Crippen molar-refractivity contribution in [1.82, 2.24) is 0 Å². The Morgan fingerprint density at radius 2 is 1.15 bits per heavy atom. The van der Waals surface area contributed by atoms with Crippen molar-refractivity contribution in [2.24, 2.45) is 0 Å². The third-order valence-corrected chi connectivity index (χ3v) is 6.02. The molecule has 1 N–H and O–H groups in total. The first-order chi connectivity index (χ1) is 13.2. The van der Waals surface area contributed by atoms with E-state index < -0.39 is 0 Å². The molecule has 156 valence electrons. The summed E-state index contributed by atoms with van der Waals surface area (Å²) in [5.74, 6) is 1.08. The van der Waals surface area contributed by atoms with Gasteiger partial charge in [0.1, 0.15) is 5.75 Å². The van der Waals surface area contributed by atoms with Crippen LogP contribution in [0.15, 0.2) is 18.2 Å². The highest BCUT2D eigenvalue weighted by atomic mass is 16.3. The molecule has 0 heterocycles. The summed E-state index contributed by atoms with van der Waals surface area (Å²) in [6.07, 6.45) is 21.2. The first-order valence-electron chi connectivity index (χ1n) is 12.0. The molecule has 1 aromatic carbocycles. The first-order valence-corrected chi connectivity index (χ1v) is 12.0. The second-order valence-electron chi connectivity index (χ2n) is 8.37. The molecule has 1 nitrogen and oxygen atoms in total. The Morgan fingerprint density at radius 3 is 1.63 bits per heavy atom. The minimum Gasteiger partial charge on any atom is -0.508 e. The Balaban J connectivity index is 2.54. The van der Waals surface area contributed by atoms with Crippen molar-refractivity contribution in [3.8, 4) is 5.75 Å². The maximum Gasteiger partial charge on any atom is 0.119 e. The molecule has 0 aliphatic carbocycles. The first kappa shape index (κ1) is 24.1. The molecule has 1 rings (SSSR count). The lowest BCUT2D eigenvalue weighted by Gasteiger charge is -2.22. The second-order valence-corrected chi connectivity index (χ2v) is 8.37. The van der Waals surface area contributed by atoms with Gasteiger partial charge in [0.2, 0.25) is 0 Å². The minimum absolute atomic E-state index is 0.535. The number of phenols is 1. The monoisotopic (exact) mass is 374 g/mol. The highest BCUT2D eigenvalue weighted by Gasteiger charge is 2.18. The van der Waals surface area contributed by atoms with E-state index in [9.17, 15) is 5.11 Å². The molecule has 0 amide bonds. The van der Waals surface area contributed by atoms with E-state index in [0.29, 0.717) is 11.7 Å². The summed E-state index contributed by atoms with van der Waals surface area (Å²) < 4.78 is 0. The molecule has 27 heavy (non-hydrogen) atoms. The summed E-state index contributed by atoms with van der Waals surface area (Å²) in [6.45, 7) is 6.78. The molecule has 0 aliphatic rings. The van der Waals surface area contributed by atoms with E-state index in [4.69, 9.17) is 0 Å². The molecule has 0 spiro atoms. The minimum atomic E-state index is 0.535. The number of benzene rings is 1. The predicted molar refractivity (Wildman–Crippen MR) is 121 cm³/mol. The van der Waals surface area contributed by atoms with E-state index in [1.807, 2.05) is 12.1 Å². The zero-order valence-electron chi connectivity index (χ0n) is 18.6. The number of rotatable bonds is 17. The highest BCUT2D eigenvalue weighted by molar-refractivity contribution is 5.42. The number of hydrogen-bond acceptors (Lipinski definition) is 1. The second kappa shape index (κ2) is 16.0. The maximum absolute atomic E-state index is 10.6. The Morgan fingerprint density at radius 1 is 0.667 bits per heavy atom. The van der Waals surface area contributed by atoms with Crippen molar-refractivity contribution >= 4 is 0 Å². The lowest BCUT2D eigenvalue weighted by atomic mass is 9.84. The fourth-order valence-electron chi connectivity index (χ4n) is 4.33. The van der Waals surface area contributed by atoms with E-state index in [1.165, 1.54) is 107 Å².